The van der Waals surface area contributed by atoms with E-state index < -0.39 is 5.82 Å². The molecule has 4 rings (SSSR count). The normalized spacial score (nSPS) is 11.5. The van der Waals surface area contributed by atoms with E-state index >= 15 is 0 Å². The lowest BCUT2D eigenvalue weighted by molar-refractivity contribution is 0.627. The van der Waals surface area contributed by atoms with Gasteiger partial charge in [-0.2, -0.15) is 10.2 Å². The lowest BCUT2D eigenvalue weighted by atomic mass is 10.2. The Balaban J connectivity index is 1.99. The largest absolute Gasteiger partial charge is 0.371 e. The van der Waals surface area contributed by atoms with Gasteiger partial charge in [-0.25, -0.2) is 23.4 Å². The van der Waals surface area contributed by atoms with E-state index in [1.165, 1.54) is 10.7 Å². The van der Waals surface area contributed by atoms with Gasteiger partial charge in [-0.05, 0) is 20.0 Å². The zero-order valence-corrected chi connectivity index (χ0v) is 14.1. The van der Waals surface area contributed by atoms with Crippen molar-refractivity contribution in [3.63, 3.8) is 0 Å². The van der Waals surface area contributed by atoms with Crippen LogP contribution in [0.4, 0.5) is 10.2 Å². The molecule has 0 aliphatic rings. The molecule has 0 spiro atoms. The van der Waals surface area contributed by atoms with Gasteiger partial charge in [0, 0.05) is 25.4 Å². The fraction of sp³-hybridized carbons (Fsp3) is 0.250. The zero-order chi connectivity index (χ0) is 17.6. The molecule has 0 unspecified atom stereocenters. The van der Waals surface area contributed by atoms with Gasteiger partial charge in [-0.15, -0.1) is 0 Å². The van der Waals surface area contributed by atoms with E-state index in [1.54, 1.807) is 36.9 Å². The molecular weight excluding hydrogens is 323 g/mol. The summed E-state index contributed by atoms with van der Waals surface area (Å²) in [5.41, 5.74) is 3.05. The van der Waals surface area contributed by atoms with E-state index in [9.17, 15) is 4.39 Å². The van der Waals surface area contributed by atoms with Crippen LogP contribution in [0.3, 0.4) is 0 Å². The standard InChI is InChI=1S/C16H17FN8/c1-9-21-15(19-3)14-13(11(17)8-25(14)23-9)12-4-5-24-16(22-12)10(6-18-2)7-20-24/h4-5,7-8,18H,6H2,1-3H3,(H,19,21,23). The van der Waals surface area contributed by atoms with Crippen molar-refractivity contribution >= 4 is 17.0 Å². The van der Waals surface area contributed by atoms with Crippen molar-refractivity contribution in [2.75, 3.05) is 19.4 Å². The maximum absolute atomic E-state index is 14.7. The molecule has 4 aromatic heterocycles. The molecule has 0 aliphatic heterocycles. The van der Waals surface area contributed by atoms with Crippen LogP contribution < -0.4 is 10.6 Å². The Kier molecular flexibility index (Phi) is 3.57. The van der Waals surface area contributed by atoms with Crippen molar-refractivity contribution in [3.05, 3.63) is 41.9 Å². The molecule has 25 heavy (non-hydrogen) atoms. The smallest absolute Gasteiger partial charge is 0.160 e. The maximum atomic E-state index is 14.7. The van der Waals surface area contributed by atoms with E-state index in [1.807, 2.05) is 7.05 Å². The predicted molar refractivity (Wildman–Crippen MR) is 92.0 cm³/mol. The monoisotopic (exact) mass is 340 g/mol. The van der Waals surface area contributed by atoms with Crippen molar-refractivity contribution in [2.24, 2.45) is 0 Å². The Bertz CT molecular complexity index is 1080. The molecule has 4 aromatic rings. The van der Waals surface area contributed by atoms with Crippen molar-refractivity contribution in [3.8, 4) is 11.3 Å². The second kappa shape index (κ2) is 5.78. The molecule has 0 amide bonds. The lowest BCUT2D eigenvalue weighted by Crippen LogP contribution is -2.05. The van der Waals surface area contributed by atoms with Crippen LogP contribution in [0, 0.1) is 12.7 Å². The zero-order valence-electron chi connectivity index (χ0n) is 14.1. The van der Waals surface area contributed by atoms with Crippen molar-refractivity contribution in [2.45, 2.75) is 13.5 Å². The first kappa shape index (κ1) is 15.5. The Hall–Kier alpha value is -3.07. The molecule has 0 fully saturated rings. The third kappa shape index (κ3) is 2.40. The summed E-state index contributed by atoms with van der Waals surface area (Å²) in [7, 11) is 3.60. The number of anilines is 1. The average molecular weight is 340 g/mol. The number of nitrogens with one attached hydrogen (secondary N) is 2. The van der Waals surface area contributed by atoms with Gasteiger partial charge in [0.05, 0.1) is 23.7 Å². The number of fused-ring (bicyclic) bond motifs is 2. The Morgan fingerprint density at radius 1 is 1.20 bits per heavy atom. The number of rotatable bonds is 4. The number of halogens is 1. The van der Waals surface area contributed by atoms with Gasteiger partial charge in [-0.1, -0.05) is 0 Å². The number of aryl methyl sites for hydroxylation is 1. The molecule has 8 nitrogen and oxygen atoms in total. The molecule has 4 heterocycles. The second-order valence-electron chi connectivity index (χ2n) is 5.68. The van der Waals surface area contributed by atoms with Crippen LogP contribution in [0.25, 0.3) is 22.4 Å². The van der Waals surface area contributed by atoms with E-state index in [0.29, 0.717) is 40.6 Å². The Labute approximate surface area is 142 Å². The van der Waals surface area contributed by atoms with Crippen LogP contribution in [-0.2, 0) is 6.54 Å². The van der Waals surface area contributed by atoms with Crippen LogP contribution in [0.2, 0.25) is 0 Å². The summed E-state index contributed by atoms with van der Waals surface area (Å²) in [6.07, 6.45) is 4.87. The molecule has 0 aromatic carbocycles. The highest BCUT2D eigenvalue weighted by Crippen LogP contribution is 2.31. The minimum atomic E-state index is -0.400. The fourth-order valence-electron chi connectivity index (χ4n) is 2.95. The summed E-state index contributed by atoms with van der Waals surface area (Å²) in [6, 6.07) is 1.74. The van der Waals surface area contributed by atoms with Crippen LogP contribution in [0.15, 0.2) is 24.7 Å². The summed E-state index contributed by atoms with van der Waals surface area (Å²) in [4.78, 5) is 8.98. The first-order chi connectivity index (χ1) is 12.1. The highest BCUT2D eigenvalue weighted by molar-refractivity contribution is 5.88. The van der Waals surface area contributed by atoms with Gasteiger partial charge < -0.3 is 10.6 Å². The molecule has 0 bridgehead atoms. The maximum Gasteiger partial charge on any atom is 0.160 e. The van der Waals surface area contributed by atoms with Gasteiger partial charge in [-0.3, -0.25) is 0 Å². The van der Waals surface area contributed by atoms with Gasteiger partial charge >= 0.3 is 0 Å². The average Bonchev–Trinajstić information content (AvgIpc) is 3.14. The van der Waals surface area contributed by atoms with Gasteiger partial charge in [0.25, 0.3) is 0 Å². The molecule has 128 valence electrons. The molecule has 0 saturated carbocycles. The van der Waals surface area contributed by atoms with Gasteiger partial charge in [0.1, 0.15) is 11.3 Å². The quantitative estimate of drug-likeness (QED) is 0.588. The van der Waals surface area contributed by atoms with Crippen LogP contribution in [0.1, 0.15) is 11.4 Å². The molecule has 0 radical (unpaired) electrons. The van der Waals surface area contributed by atoms with Crippen LogP contribution >= 0.6 is 0 Å². The summed E-state index contributed by atoms with van der Waals surface area (Å²) < 4.78 is 17.9. The number of nitrogens with zero attached hydrogens (tertiary/aromatic N) is 6. The topological polar surface area (TPSA) is 84.4 Å². The predicted octanol–water partition coefficient (Wildman–Crippen LogP) is 1.65. The summed E-state index contributed by atoms with van der Waals surface area (Å²) >= 11 is 0. The Morgan fingerprint density at radius 2 is 2.04 bits per heavy atom. The second-order valence-corrected chi connectivity index (χ2v) is 5.68. The molecule has 2 N–H and O–H groups in total. The third-order valence-corrected chi connectivity index (χ3v) is 3.99. The fourth-order valence-corrected chi connectivity index (χ4v) is 2.95. The van der Waals surface area contributed by atoms with Crippen molar-refractivity contribution in [1.82, 2.24) is 34.5 Å². The highest BCUT2D eigenvalue weighted by Gasteiger charge is 2.20. The summed E-state index contributed by atoms with van der Waals surface area (Å²) in [5, 5.41) is 14.6. The Morgan fingerprint density at radius 3 is 2.80 bits per heavy atom. The first-order valence-corrected chi connectivity index (χ1v) is 7.84. The molecule has 0 saturated heterocycles. The van der Waals surface area contributed by atoms with Crippen molar-refractivity contribution in [1.29, 1.82) is 0 Å². The number of hydrogen-bond acceptors (Lipinski definition) is 6. The molecule has 0 aliphatic carbocycles. The number of aromatic nitrogens is 6. The first-order valence-electron chi connectivity index (χ1n) is 7.84. The van der Waals surface area contributed by atoms with Gasteiger partial charge in [0.2, 0.25) is 0 Å². The van der Waals surface area contributed by atoms with Crippen molar-refractivity contribution < 1.29 is 4.39 Å². The lowest BCUT2D eigenvalue weighted by Gasteiger charge is -2.07. The van der Waals surface area contributed by atoms with Crippen LogP contribution in [0.5, 0.6) is 0 Å². The third-order valence-electron chi connectivity index (χ3n) is 3.99. The molecular formula is C16H17FN8. The van der Waals surface area contributed by atoms with E-state index in [2.05, 4.69) is 30.8 Å². The van der Waals surface area contributed by atoms with E-state index in [4.69, 9.17) is 0 Å². The SMILES string of the molecule is CNCc1cnn2ccc(-c3c(F)cn4nc(C)nc(NC)c34)nc12. The highest BCUT2D eigenvalue weighted by atomic mass is 19.1. The summed E-state index contributed by atoms with van der Waals surface area (Å²) in [6.45, 7) is 2.39. The molecule has 9 heteroatoms. The molecule has 0 atom stereocenters. The van der Waals surface area contributed by atoms with E-state index in [-0.39, 0.29) is 0 Å². The van der Waals surface area contributed by atoms with Crippen LogP contribution in [-0.4, -0.2) is 43.3 Å². The minimum Gasteiger partial charge on any atom is -0.371 e. The van der Waals surface area contributed by atoms with Gasteiger partial charge in [0.15, 0.2) is 17.3 Å². The summed E-state index contributed by atoms with van der Waals surface area (Å²) in [5.74, 6) is 0.703. The van der Waals surface area contributed by atoms with E-state index in [0.717, 1.165) is 5.56 Å². The minimum absolute atomic E-state index is 0.364. The number of hydrogen-bond donors (Lipinski definition) is 2.